The largest absolute Gasteiger partial charge is 0.271 e. The molecule has 0 aliphatic carbocycles. The summed E-state index contributed by atoms with van der Waals surface area (Å²) in [5, 5.41) is 8.03. The summed E-state index contributed by atoms with van der Waals surface area (Å²) in [5.74, 6) is 6.24. The van der Waals surface area contributed by atoms with Crippen LogP contribution in [0, 0.1) is 5.92 Å². The third-order valence-electron chi connectivity index (χ3n) is 3.09. The van der Waals surface area contributed by atoms with Gasteiger partial charge in [0.2, 0.25) is 0 Å². The zero-order chi connectivity index (χ0) is 12.8. The van der Waals surface area contributed by atoms with Crippen molar-refractivity contribution in [2.75, 3.05) is 0 Å². The van der Waals surface area contributed by atoms with Crippen LogP contribution in [0.5, 0.6) is 0 Å². The number of aryl methyl sites for hydroxylation is 1. The van der Waals surface area contributed by atoms with Crippen LogP contribution in [0.4, 0.5) is 0 Å². The normalized spacial score (nSPS) is 13.3. The van der Waals surface area contributed by atoms with Gasteiger partial charge < -0.3 is 0 Å². The van der Waals surface area contributed by atoms with Crippen molar-refractivity contribution in [2.45, 2.75) is 45.6 Å². The fourth-order valence-corrected chi connectivity index (χ4v) is 2.90. The number of hydrazine groups is 1. The molecule has 0 fully saturated rings. The van der Waals surface area contributed by atoms with Crippen molar-refractivity contribution in [1.82, 2.24) is 20.4 Å². The first kappa shape index (κ1) is 14.6. The zero-order valence-electron chi connectivity index (χ0n) is 10.8. The van der Waals surface area contributed by atoms with Crippen molar-refractivity contribution in [3.05, 3.63) is 10.3 Å². The second-order valence-corrected chi connectivity index (χ2v) is 5.12. The van der Waals surface area contributed by atoms with Gasteiger partial charge in [0.1, 0.15) is 0 Å². The summed E-state index contributed by atoms with van der Waals surface area (Å²) in [6.07, 6.45) is 4.62. The number of hydrogen-bond acceptors (Lipinski definition) is 4. The summed E-state index contributed by atoms with van der Waals surface area (Å²) in [5.41, 5.74) is 3.95. The topological polar surface area (TPSA) is 68.8 Å². The van der Waals surface area contributed by atoms with E-state index in [1.54, 1.807) is 4.68 Å². The number of halogens is 1. The first-order valence-corrected chi connectivity index (χ1v) is 6.96. The quantitative estimate of drug-likeness (QED) is 0.599. The standard InChI is InChI=1S/C11H22BrN5/c1-4-6-8(7-5-2)9(14-13)10-11(12)15-16-17(10)3/h8-9,14H,4-7,13H2,1-3H3. The van der Waals surface area contributed by atoms with Gasteiger partial charge in [0.05, 0.1) is 11.7 Å². The summed E-state index contributed by atoms with van der Waals surface area (Å²) in [6.45, 7) is 4.40. The van der Waals surface area contributed by atoms with Crippen LogP contribution in [-0.2, 0) is 7.05 Å². The van der Waals surface area contributed by atoms with E-state index in [9.17, 15) is 0 Å². The molecule has 1 atom stereocenters. The fraction of sp³-hybridized carbons (Fsp3) is 0.818. The molecule has 0 aromatic carbocycles. The second-order valence-electron chi connectivity index (χ2n) is 4.37. The van der Waals surface area contributed by atoms with E-state index in [0.717, 1.165) is 36.0 Å². The van der Waals surface area contributed by atoms with E-state index in [1.807, 2.05) is 7.05 Å². The lowest BCUT2D eigenvalue weighted by atomic mass is 9.89. The van der Waals surface area contributed by atoms with Gasteiger partial charge in [-0.15, -0.1) is 5.10 Å². The van der Waals surface area contributed by atoms with E-state index in [2.05, 4.69) is 45.5 Å². The summed E-state index contributed by atoms with van der Waals surface area (Å²) in [7, 11) is 1.90. The minimum Gasteiger partial charge on any atom is -0.271 e. The lowest BCUT2D eigenvalue weighted by Crippen LogP contribution is -2.35. The molecule has 17 heavy (non-hydrogen) atoms. The van der Waals surface area contributed by atoms with E-state index < -0.39 is 0 Å². The van der Waals surface area contributed by atoms with Crippen LogP contribution in [0.3, 0.4) is 0 Å². The molecule has 0 saturated heterocycles. The van der Waals surface area contributed by atoms with Crippen molar-refractivity contribution >= 4 is 15.9 Å². The second kappa shape index (κ2) is 7.08. The molecule has 6 heteroatoms. The van der Waals surface area contributed by atoms with Crippen LogP contribution in [0.25, 0.3) is 0 Å². The van der Waals surface area contributed by atoms with E-state index in [-0.39, 0.29) is 6.04 Å². The maximum Gasteiger partial charge on any atom is 0.153 e. The van der Waals surface area contributed by atoms with Gasteiger partial charge in [0.15, 0.2) is 4.60 Å². The minimum atomic E-state index is 0.101. The molecule has 3 N–H and O–H groups in total. The highest BCUT2D eigenvalue weighted by Gasteiger charge is 2.26. The molecular formula is C11H22BrN5. The average molecular weight is 304 g/mol. The van der Waals surface area contributed by atoms with Crippen LogP contribution in [0.1, 0.15) is 51.3 Å². The SMILES string of the molecule is CCCC(CCC)C(NN)c1c(Br)nnn1C. The predicted molar refractivity (Wildman–Crippen MR) is 72.1 cm³/mol. The van der Waals surface area contributed by atoms with Gasteiger partial charge in [-0.3, -0.25) is 11.3 Å². The summed E-state index contributed by atoms with van der Waals surface area (Å²) in [4.78, 5) is 0. The number of nitrogens with two attached hydrogens (primary N) is 1. The highest BCUT2D eigenvalue weighted by molar-refractivity contribution is 9.10. The van der Waals surface area contributed by atoms with Gasteiger partial charge in [-0.2, -0.15) is 0 Å². The Morgan fingerprint density at radius 3 is 2.29 bits per heavy atom. The molecule has 0 spiro atoms. The molecule has 0 aliphatic heterocycles. The minimum absolute atomic E-state index is 0.101. The highest BCUT2D eigenvalue weighted by Crippen LogP contribution is 2.31. The number of hydrogen-bond donors (Lipinski definition) is 2. The Morgan fingerprint density at radius 2 is 1.94 bits per heavy atom. The first-order chi connectivity index (χ1) is 8.15. The molecule has 1 aromatic rings. The Balaban J connectivity index is 2.95. The summed E-state index contributed by atoms with van der Waals surface area (Å²) < 4.78 is 2.56. The molecule has 0 radical (unpaired) electrons. The number of nitrogens with zero attached hydrogens (tertiary/aromatic N) is 3. The molecule has 1 heterocycles. The summed E-state index contributed by atoms with van der Waals surface area (Å²) in [6, 6.07) is 0.101. The predicted octanol–water partition coefficient (Wildman–Crippen LogP) is 2.30. The Bertz CT molecular complexity index is 313. The molecule has 0 aliphatic rings. The Hall–Kier alpha value is -0.460. The number of nitrogens with one attached hydrogen (secondary N) is 1. The van der Waals surface area contributed by atoms with Crippen molar-refractivity contribution < 1.29 is 0 Å². The van der Waals surface area contributed by atoms with Crippen LogP contribution < -0.4 is 11.3 Å². The lowest BCUT2D eigenvalue weighted by Gasteiger charge is -2.26. The monoisotopic (exact) mass is 303 g/mol. The molecule has 1 rings (SSSR count). The van der Waals surface area contributed by atoms with Gasteiger partial charge in [-0.1, -0.05) is 31.9 Å². The molecule has 98 valence electrons. The van der Waals surface area contributed by atoms with Gasteiger partial charge >= 0.3 is 0 Å². The Labute approximate surface area is 111 Å². The Kier molecular flexibility index (Phi) is 6.08. The number of aromatic nitrogens is 3. The fourth-order valence-electron chi connectivity index (χ4n) is 2.33. The van der Waals surface area contributed by atoms with E-state index in [4.69, 9.17) is 5.84 Å². The molecule has 0 saturated carbocycles. The van der Waals surface area contributed by atoms with Crippen LogP contribution >= 0.6 is 15.9 Å². The van der Waals surface area contributed by atoms with Gasteiger partial charge in [-0.25, -0.2) is 4.68 Å². The van der Waals surface area contributed by atoms with Crippen molar-refractivity contribution in [3.63, 3.8) is 0 Å². The Morgan fingerprint density at radius 1 is 1.35 bits per heavy atom. The smallest absolute Gasteiger partial charge is 0.153 e. The molecule has 0 amide bonds. The van der Waals surface area contributed by atoms with Gasteiger partial charge in [0.25, 0.3) is 0 Å². The van der Waals surface area contributed by atoms with Crippen LogP contribution in [0.15, 0.2) is 4.60 Å². The molecule has 1 aromatic heterocycles. The third-order valence-corrected chi connectivity index (χ3v) is 3.66. The van der Waals surface area contributed by atoms with Crippen molar-refractivity contribution in [3.8, 4) is 0 Å². The van der Waals surface area contributed by atoms with E-state index in [1.165, 1.54) is 0 Å². The number of rotatable bonds is 7. The van der Waals surface area contributed by atoms with E-state index >= 15 is 0 Å². The zero-order valence-corrected chi connectivity index (χ0v) is 12.4. The van der Waals surface area contributed by atoms with Gasteiger partial charge in [-0.05, 0) is 34.7 Å². The molecule has 5 nitrogen and oxygen atoms in total. The maximum absolute atomic E-state index is 5.72. The van der Waals surface area contributed by atoms with Gasteiger partial charge in [0, 0.05) is 7.05 Å². The molecule has 1 unspecified atom stereocenters. The van der Waals surface area contributed by atoms with Crippen molar-refractivity contribution in [1.29, 1.82) is 0 Å². The lowest BCUT2D eigenvalue weighted by molar-refractivity contribution is 0.306. The third kappa shape index (κ3) is 3.50. The van der Waals surface area contributed by atoms with Crippen LogP contribution in [0.2, 0.25) is 0 Å². The van der Waals surface area contributed by atoms with Crippen molar-refractivity contribution in [2.24, 2.45) is 18.8 Å². The summed E-state index contributed by atoms with van der Waals surface area (Å²) >= 11 is 3.44. The molecule has 0 bridgehead atoms. The highest BCUT2D eigenvalue weighted by atomic mass is 79.9. The van der Waals surface area contributed by atoms with E-state index in [0.29, 0.717) is 5.92 Å². The average Bonchev–Trinajstić information content (AvgIpc) is 2.62. The molecular weight excluding hydrogens is 282 g/mol. The van der Waals surface area contributed by atoms with Crippen LogP contribution in [-0.4, -0.2) is 15.0 Å². The maximum atomic E-state index is 5.72. The first-order valence-electron chi connectivity index (χ1n) is 6.16.